The van der Waals surface area contributed by atoms with Gasteiger partial charge in [-0.15, -0.1) is 0 Å². The van der Waals surface area contributed by atoms with Crippen LogP contribution in [0.5, 0.6) is 0 Å². The second kappa shape index (κ2) is 5.32. The molecule has 1 heterocycles. The average Bonchev–Trinajstić information content (AvgIpc) is 2.16. The summed E-state index contributed by atoms with van der Waals surface area (Å²) in [7, 11) is 2.11. The first-order chi connectivity index (χ1) is 6.61. The Labute approximate surface area is 85.3 Å². The van der Waals surface area contributed by atoms with E-state index in [1.807, 2.05) is 0 Å². The minimum Gasteiger partial charge on any atom is -0.480 e. The van der Waals surface area contributed by atoms with Crippen LogP contribution in [-0.4, -0.2) is 48.2 Å². The predicted molar refractivity (Wildman–Crippen MR) is 55.4 cm³/mol. The van der Waals surface area contributed by atoms with Gasteiger partial charge in [0.1, 0.15) is 6.04 Å². The highest BCUT2D eigenvalue weighted by molar-refractivity contribution is 5.72. The summed E-state index contributed by atoms with van der Waals surface area (Å²) in [5.74, 6) is -0.775. The maximum Gasteiger partial charge on any atom is 0.320 e. The molecule has 0 spiro atoms. The number of carboxylic acids is 1. The van der Waals surface area contributed by atoms with Crippen molar-refractivity contribution in [2.75, 3.05) is 20.1 Å². The minimum atomic E-state index is -0.775. The van der Waals surface area contributed by atoms with E-state index in [9.17, 15) is 4.79 Å². The van der Waals surface area contributed by atoms with Crippen LogP contribution in [0.4, 0.5) is 0 Å². The predicted octanol–water partition coefficient (Wildman–Crippen LogP) is 0.533. The largest absolute Gasteiger partial charge is 0.480 e. The van der Waals surface area contributed by atoms with Crippen LogP contribution in [0.2, 0.25) is 0 Å². The van der Waals surface area contributed by atoms with E-state index < -0.39 is 12.0 Å². The van der Waals surface area contributed by atoms with Crippen molar-refractivity contribution in [3.8, 4) is 0 Å². The van der Waals surface area contributed by atoms with Crippen LogP contribution < -0.4 is 5.32 Å². The summed E-state index contributed by atoms with van der Waals surface area (Å²) in [6.45, 7) is 3.60. The third-order valence-electron chi connectivity index (χ3n) is 2.95. The highest BCUT2D eigenvalue weighted by atomic mass is 16.4. The maximum atomic E-state index is 10.6. The van der Waals surface area contributed by atoms with E-state index in [0.717, 1.165) is 13.1 Å². The fraction of sp³-hybridized carbons (Fsp3) is 0.900. The lowest BCUT2D eigenvalue weighted by Crippen LogP contribution is -2.46. The molecule has 0 aromatic carbocycles. The quantitative estimate of drug-likeness (QED) is 0.695. The Morgan fingerprint density at radius 1 is 1.64 bits per heavy atom. The third kappa shape index (κ3) is 3.27. The topological polar surface area (TPSA) is 52.6 Å². The Balaban J connectivity index is 2.25. The number of carbonyl (C=O) groups is 1. The second-order valence-electron chi connectivity index (χ2n) is 4.10. The van der Waals surface area contributed by atoms with E-state index in [0.29, 0.717) is 6.04 Å². The molecule has 0 amide bonds. The third-order valence-corrected chi connectivity index (χ3v) is 2.95. The number of likely N-dealkylation sites (N-methyl/N-ethyl adjacent to an activating group) is 1. The molecule has 0 saturated carbocycles. The van der Waals surface area contributed by atoms with E-state index >= 15 is 0 Å². The van der Waals surface area contributed by atoms with Crippen molar-refractivity contribution in [1.29, 1.82) is 0 Å². The van der Waals surface area contributed by atoms with Gasteiger partial charge in [0.15, 0.2) is 0 Å². The zero-order valence-electron chi connectivity index (χ0n) is 8.99. The zero-order valence-corrected chi connectivity index (χ0v) is 8.99. The fourth-order valence-electron chi connectivity index (χ4n) is 1.80. The lowest BCUT2D eigenvalue weighted by atomic mass is 10.0. The van der Waals surface area contributed by atoms with Crippen LogP contribution in [0, 0.1) is 0 Å². The summed E-state index contributed by atoms with van der Waals surface area (Å²) >= 11 is 0. The number of nitrogens with one attached hydrogen (secondary N) is 1. The molecule has 4 heteroatoms. The van der Waals surface area contributed by atoms with Gasteiger partial charge in [-0.25, -0.2) is 0 Å². The number of carboxylic acid groups (broad SMARTS) is 1. The Bertz CT molecular complexity index is 197. The second-order valence-corrected chi connectivity index (χ2v) is 4.10. The van der Waals surface area contributed by atoms with Crippen molar-refractivity contribution in [3.05, 3.63) is 0 Å². The number of piperidine rings is 1. The van der Waals surface area contributed by atoms with Crippen LogP contribution in [-0.2, 0) is 4.79 Å². The molecule has 1 fully saturated rings. The van der Waals surface area contributed by atoms with Crippen molar-refractivity contribution in [2.24, 2.45) is 0 Å². The van der Waals surface area contributed by atoms with E-state index in [2.05, 4.69) is 17.3 Å². The van der Waals surface area contributed by atoms with Gasteiger partial charge in [0.25, 0.3) is 0 Å². The summed E-state index contributed by atoms with van der Waals surface area (Å²) in [6.07, 6.45) is 3.70. The fourth-order valence-corrected chi connectivity index (χ4v) is 1.80. The summed E-state index contributed by atoms with van der Waals surface area (Å²) < 4.78 is 0. The first-order valence-corrected chi connectivity index (χ1v) is 5.27. The van der Waals surface area contributed by atoms with Gasteiger partial charge >= 0.3 is 5.97 Å². The van der Waals surface area contributed by atoms with E-state index in [-0.39, 0.29) is 0 Å². The van der Waals surface area contributed by atoms with Gasteiger partial charge in [0.05, 0.1) is 0 Å². The minimum absolute atomic E-state index is 0.440. The van der Waals surface area contributed by atoms with Crippen molar-refractivity contribution in [3.63, 3.8) is 0 Å². The number of rotatable bonds is 4. The monoisotopic (exact) mass is 200 g/mol. The molecule has 1 aliphatic heterocycles. The molecule has 1 rings (SSSR count). The summed E-state index contributed by atoms with van der Waals surface area (Å²) in [5.41, 5.74) is 0. The van der Waals surface area contributed by atoms with Crippen LogP contribution in [0.1, 0.15) is 26.2 Å². The number of hydrogen-bond acceptors (Lipinski definition) is 3. The van der Waals surface area contributed by atoms with Gasteiger partial charge in [-0.1, -0.05) is 6.42 Å². The molecule has 0 aliphatic carbocycles. The lowest BCUT2D eigenvalue weighted by molar-refractivity contribution is -0.139. The smallest absolute Gasteiger partial charge is 0.320 e. The van der Waals surface area contributed by atoms with Gasteiger partial charge in [-0.2, -0.15) is 0 Å². The number of aliphatic carboxylic acids is 1. The number of hydrogen-bond donors (Lipinski definition) is 2. The standard InChI is InChI=1S/C10H20N2O2/c1-8(10(13)14)11-7-9-5-3-4-6-12(9)2/h8-9,11H,3-7H2,1-2H3,(H,13,14). The summed E-state index contributed by atoms with van der Waals surface area (Å²) in [5, 5.41) is 11.7. The lowest BCUT2D eigenvalue weighted by Gasteiger charge is -2.33. The summed E-state index contributed by atoms with van der Waals surface area (Å²) in [4.78, 5) is 12.9. The SMILES string of the molecule is CC(NCC1CCCCN1C)C(=O)O. The normalized spacial score (nSPS) is 26.0. The molecule has 4 nitrogen and oxygen atoms in total. The van der Waals surface area contributed by atoms with Crippen LogP contribution in [0.15, 0.2) is 0 Å². The van der Waals surface area contributed by atoms with Crippen molar-refractivity contribution < 1.29 is 9.90 Å². The average molecular weight is 200 g/mol. The molecule has 0 bridgehead atoms. The molecule has 0 aromatic heterocycles. The molecule has 0 aromatic rings. The molecule has 2 N–H and O–H groups in total. The van der Waals surface area contributed by atoms with Crippen LogP contribution >= 0.6 is 0 Å². The van der Waals surface area contributed by atoms with Crippen molar-refractivity contribution in [1.82, 2.24) is 10.2 Å². The molecule has 1 saturated heterocycles. The first kappa shape index (κ1) is 11.5. The summed E-state index contributed by atoms with van der Waals surface area (Å²) in [6, 6.07) is 0.0656. The van der Waals surface area contributed by atoms with Gasteiger partial charge in [0, 0.05) is 12.6 Å². The van der Waals surface area contributed by atoms with Crippen molar-refractivity contribution in [2.45, 2.75) is 38.3 Å². The number of nitrogens with zero attached hydrogens (tertiary/aromatic N) is 1. The van der Waals surface area contributed by atoms with Gasteiger partial charge < -0.3 is 15.3 Å². The molecule has 82 valence electrons. The molecule has 2 unspecified atom stereocenters. The zero-order chi connectivity index (χ0) is 10.6. The van der Waals surface area contributed by atoms with Crippen LogP contribution in [0.25, 0.3) is 0 Å². The molecule has 14 heavy (non-hydrogen) atoms. The van der Waals surface area contributed by atoms with Gasteiger partial charge in [-0.05, 0) is 33.4 Å². The van der Waals surface area contributed by atoms with E-state index in [1.54, 1.807) is 6.92 Å². The highest BCUT2D eigenvalue weighted by Gasteiger charge is 2.20. The van der Waals surface area contributed by atoms with Gasteiger partial charge in [-0.3, -0.25) is 4.79 Å². The Morgan fingerprint density at radius 3 is 2.93 bits per heavy atom. The van der Waals surface area contributed by atoms with Crippen molar-refractivity contribution >= 4 is 5.97 Å². The molecular formula is C10H20N2O2. The first-order valence-electron chi connectivity index (χ1n) is 5.27. The van der Waals surface area contributed by atoms with E-state index in [4.69, 9.17) is 5.11 Å². The number of likely N-dealkylation sites (tertiary alicyclic amines) is 1. The molecule has 1 aliphatic rings. The molecular weight excluding hydrogens is 180 g/mol. The molecule has 0 radical (unpaired) electrons. The highest BCUT2D eigenvalue weighted by Crippen LogP contribution is 2.13. The van der Waals surface area contributed by atoms with E-state index in [1.165, 1.54) is 19.3 Å². The Kier molecular flexibility index (Phi) is 4.35. The van der Waals surface area contributed by atoms with Gasteiger partial charge in [0.2, 0.25) is 0 Å². The molecule has 2 atom stereocenters. The van der Waals surface area contributed by atoms with Crippen LogP contribution in [0.3, 0.4) is 0 Å². The Hall–Kier alpha value is -0.610. The maximum absolute atomic E-state index is 10.6. The Morgan fingerprint density at radius 2 is 2.36 bits per heavy atom.